The average Bonchev–Trinajstić information content (AvgIpc) is 2.73. The van der Waals surface area contributed by atoms with E-state index in [9.17, 15) is 19.7 Å². The van der Waals surface area contributed by atoms with E-state index >= 15 is 0 Å². The smallest absolute Gasteiger partial charge is 0.269 e. The van der Waals surface area contributed by atoms with Gasteiger partial charge in [-0.3, -0.25) is 24.3 Å². The highest BCUT2D eigenvalue weighted by molar-refractivity contribution is 7.98. The zero-order chi connectivity index (χ0) is 23.4. The number of fused-ring (bicyclic) bond motifs is 1. The van der Waals surface area contributed by atoms with Gasteiger partial charge in [0.2, 0.25) is 0 Å². The Bertz CT molecular complexity index is 1200. The van der Waals surface area contributed by atoms with Gasteiger partial charge in [0.25, 0.3) is 17.2 Å². The Morgan fingerprint density at radius 3 is 2.44 bits per heavy atom. The highest BCUT2D eigenvalue weighted by Crippen LogP contribution is 2.24. The van der Waals surface area contributed by atoms with Gasteiger partial charge in [-0.05, 0) is 43.5 Å². The number of aromatic nitrogens is 2. The minimum Gasteiger partial charge on any atom is -0.350 e. The summed E-state index contributed by atoms with van der Waals surface area (Å²) in [5.74, 6) is 0.526. The molecule has 3 aromatic rings. The third-order valence-electron chi connectivity index (χ3n) is 4.67. The molecule has 8 nitrogen and oxygen atoms in total. The van der Waals surface area contributed by atoms with E-state index in [1.807, 2.05) is 27.7 Å². The Labute approximate surface area is 190 Å². The number of carbonyl (C=O) groups excluding carboxylic acids is 1. The summed E-state index contributed by atoms with van der Waals surface area (Å²) in [4.78, 5) is 40.7. The van der Waals surface area contributed by atoms with Crippen LogP contribution in [0.25, 0.3) is 10.9 Å². The summed E-state index contributed by atoms with van der Waals surface area (Å²) >= 11 is 1.39. The fourth-order valence-electron chi connectivity index (χ4n) is 3.19. The van der Waals surface area contributed by atoms with Gasteiger partial charge in [0.15, 0.2) is 5.16 Å². The molecule has 0 aliphatic carbocycles. The molecule has 3 rings (SSSR count). The summed E-state index contributed by atoms with van der Waals surface area (Å²) in [5.41, 5.74) is 1.69. The molecule has 1 N–H and O–H groups in total. The zero-order valence-electron chi connectivity index (χ0n) is 18.5. The van der Waals surface area contributed by atoms with Crippen LogP contribution in [0.2, 0.25) is 0 Å². The molecular formula is C23H26N4O4S. The number of nitrogens with zero attached hydrogens (tertiary/aromatic N) is 3. The van der Waals surface area contributed by atoms with Crippen molar-refractivity contribution in [2.24, 2.45) is 5.92 Å². The maximum atomic E-state index is 13.2. The van der Waals surface area contributed by atoms with Crippen LogP contribution < -0.4 is 10.9 Å². The Morgan fingerprint density at radius 2 is 1.84 bits per heavy atom. The molecule has 0 aliphatic heterocycles. The Balaban J connectivity index is 1.98. The maximum Gasteiger partial charge on any atom is 0.269 e. The Morgan fingerprint density at radius 1 is 1.16 bits per heavy atom. The predicted molar refractivity (Wildman–Crippen MR) is 126 cm³/mol. The fourth-order valence-corrected chi connectivity index (χ4v) is 4.15. The molecule has 0 spiro atoms. The number of carbonyl (C=O) groups is 1. The first-order valence-corrected chi connectivity index (χ1v) is 11.4. The van der Waals surface area contributed by atoms with Gasteiger partial charge in [0, 0.05) is 36.0 Å². The number of amides is 1. The molecule has 0 aliphatic rings. The molecule has 1 aromatic heterocycles. The van der Waals surface area contributed by atoms with E-state index in [0.717, 1.165) is 5.56 Å². The molecule has 2 aromatic carbocycles. The van der Waals surface area contributed by atoms with Crippen molar-refractivity contribution >= 4 is 34.3 Å². The van der Waals surface area contributed by atoms with Crippen molar-refractivity contribution in [2.75, 3.05) is 0 Å². The highest BCUT2D eigenvalue weighted by atomic mass is 32.2. The standard InChI is InChI=1S/C23H26N4O4S/c1-14(2)12-26-22(29)19-10-7-17(21(28)24-15(3)4)11-20(19)25-23(26)32-13-16-5-8-18(9-6-16)27(30)31/h5-11,14-15H,12-13H2,1-4H3,(H,24,28). The van der Waals surface area contributed by atoms with Crippen molar-refractivity contribution in [1.82, 2.24) is 14.9 Å². The third-order valence-corrected chi connectivity index (χ3v) is 5.71. The number of nitro benzene ring substituents is 1. The van der Waals surface area contributed by atoms with Crippen molar-refractivity contribution in [3.63, 3.8) is 0 Å². The topological polar surface area (TPSA) is 107 Å². The summed E-state index contributed by atoms with van der Waals surface area (Å²) in [5, 5.41) is 14.7. The van der Waals surface area contributed by atoms with Crippen LogP contribution in [0, 0.1) is 16.0 Å². The molecule has 32 heavy (non-hydrogen) atoms. The summed E-state index contributed by atoms with van der Waals surface area (Å²) in [7, 11) is 0. The number of benzene rings is 2. The maximum absolute atomic E-state index is 13.2. The molecule has 0 unspecified atom stereocenters. The molecule has 1 heterocycles. The first kappa shape index (κ1) is 23.5. The van der Waals surface area contributed by atoms with E-state index in [1.54, 1.807) is 34.9 Å². The van der Waals surface area contributed by atoms with Crippen LogP contribution in [0.1, 0.15) is 43.6 Å². The van der Waals surface area contributed by atoms with Gasteiger partial charge in [-0.25, -0.2) is 4.98 Å². The average molecular weight is 455 g/mol. The van der Waals surface area contributed by atoms with Gasteiger partial charge in [-0.1, -0.05) is 37.7 Å². The number of nitro groups is 1. The number of hydrogen-bond donors (Lipinski definition) is 1. The van der Waals surface area contributed by atoms with E-state index in [2.05, 4.69) is 5.32 Å². The van der Waals surface area contributed by atoms with Crippen LogP contribution in [-0.4, -0.2) is 26.4 Å². The fraction of sp³-hybridized carbons (Fsp3) is 0.348. The van der Waals surface area contributed by atoms with Crippen LogP contribution in [0.5, 0.6) is 0 Å². The minimum atomic E-state index is -0.435. The number of rotatable bonds is 8. The van der Waals surface area contributed by atoms with Gasteiger partial charge < -0.3 is 5.32 Å². The summed E-state index contributed by atoms with van der Waals surface area (Å²) < 4.78 is 1.66. The number of hydrogen-bond acceptors (Lipinski definition) is 6. The van der Waals surface area contributed by atoms with E-state index in [-0.39, 0.29) is 29.1 Å². The van der Waals surface area contributed by atoms with Crippen molar-refractivity contribution in [2.45, 2.75) is 51.2 Å². The molecule has 0 bridgehead atoms. The van der Waals surface area contributed by atoms with E-state index in [0.29, 0.717) is 33.9 Å². The van der Waals surface area contributed by atoms with Crippen molar-refractivity contribution in [3.05, 3.63) is 74.1 Å². The van der Waals surface area contributed by atoms with Gasteiger partial charge in [0.05, 0.1) is 15.8 Å². The third kappa shape index (κ3) is 5.53. The van der Waals surface area contributed by atoms with Crippen LogP contribution in [0.15, 0.2) is 52.4 Å². The second-order valence-corrected chi connectivity index (χ2v) is 9.22. The normalized spacial score (nSPS) is 11.3. The van der Waals surface area contributed by atoms with Crippen LogP contribution in [0.4, 0.5) is 5.69 Å². The second kappa shape index (κ2) is 9.95. The van der Waals surface area contributed by atoms with E-state index in [4.69, 9.17) is 4.98 Å². The molecular weight excluding hydrogens is 428 g/mol. The number of thioether (sulfide) groups is 1. The molecule has 168 valence electrons. The Hall–Kier alpha value is -3.20. The van der Waals surface area contributed by atoms with E-state index < -0.39 is 4.92 Å². The quantitative estimate of drug-likeness (QED) is 0.234. The molecule has 1 amide bonds. The van der Waals surface area contributed by atoms with Gasteiger partial charge in [0.1, 0.15) is 0 Å². The first-order valence-electron chi connectivity index (χ1n) is 10.4. The lowest BCUT2D eigenvalue weighted by molar-refractivity contribution is -0.384. The molecule has 9 heteroatoms. The summed E-state index contributed by atoms with van der Waals surface area (Å²) in [6.07, 6.45) is 0. The van der Waals surface area contributed by atoms with Crippen molar-refractivity contribution in [1.29, 1.82) is 0 Å². The van der Waals surface area contributed by atoms with E-state index in [1.165, 1.54) is 23.9 Å². The number of nitrogens with one attached hydrogen (secondary N) is 1. The summed E-state index contributed by atoms with van der Waals surface area (Å²) in [6, 6.07) is 11.3. The van der Waals surface area contributed by atoms with Gasteiger partial charge >= 0.3 is 0 Å². The van der Waals surface area contributed by atoms with Gasteiger partial charge in [-0.15, -0.1) is 0 Å². The van der Waals surface area contributed by atoms with Crippen LogP contribution in [0.3, 0.4) is 0 Å². The molecule has 0 atom stereocenters. The zero-order valence-corrected chi connectivity index (χ0v) is 19.3. The lowest BCUT2D eigenvalue weighted by atomic mass is 10.1. The molecule has 0 saturated carbocycles. The lowest BCUT2D eigenvalue weighted by Gasteiger charge is -2.15. The second-order valence-electron chi connectivity index (χ2n) is 8.28. The first-order chi connectivity index (χ1) is 15.2. The molecule has 0 fully saturated rings. The molecule has 0 saturated heterocycles. The van der Waals surface area contributed by atoms with Crippen LogP contribution in [-0.2, 0) is 12.3 Å². The molecule has 0 radical (unpaired) electrons. The summed E-state index contributed by atoms with van der Waals surface area (Å²) in [6.45, 7) is 8.34. The lowest BCUT2D eigenvalue weighted by Crippen LogP contribution is -2.30. The monoisotopic (exact) mass is 454 g/mol. The largest absolute Gasteiger partial charge is 0.350 e. The van der Waals surface area contributed by atoms with Crippen molar-refractivity contribution < 1.29 is 9.72 Å². The predicted octanol–water partition coefficient (Wildman–Crippen LogP) is 4.39. The highest BCUT2D eigenvalue weighted by Gasteiger charge is 2.16. The van der Waals surface area contributed by atoms with Gasteiger partial charge in [-0.2, -0.15) is 0 Å². The Kier molecular flexibility index (Phi) is 7.29. The minimum absolute atomic E-state index is 0.00184. The number of non-ortho nitro benzene ring substituents is 1. The van der Waals surface area contributed by atoms with Crippen LogP contribution >= 0.6 is 11.8 Å². The SMILES string of the molecule is CC(C)Cn1c(SCc2ccc([N+](=O)[O-])cc2)nc2cc(C(=O)NC(C)C)ccc2c1=O. The van der Waals surface area contributed by atoms with Crippen molar-refractivity contribution in [3.8, 4) is 0 Å².